The molecule has 35 heavy (non-hydrogen) atoms. The highest BCUT2D eigenvalue weighted by Gasteiger charge is 2.34. The molecule has 0 spiro atoms. The number of hydrogen-bond acceptors (Lipinski definition) is 7. The maximum atomic E-state index is 13.6. The van der Waals surface area contributed by atoms with Gasteiger partial charge in [0.15, 0.2) is 5.65 Å². The van der Waals surface area contributed by atoms with Gasteiger partial charge < -0.3 is 20.6 Å². The van der Waals surface area contributed by atoms with Gasteiger partial charge in [0.1, 0.15) is 5.82 Å². The number of rotatable bonds is 4. The maximum Gasteiger partial charge on any atom is 0.254 e. The van der Waals surface area contributed by atoms with Gasteiger partial charge in [0, 0.05) is 54.6 Å². The number of aromatic nitrogens is 3. The molecular formula is C25H28ClN7O2. The Morgan fingerprint density at radius 3 is 2.89 bits per heavy atom. The van der Waals surface area contributed by atoms with Crippen molar-refractivity contribution in [2.24, 2.45) is 11.7 Å². The van der Waals surface area contributed by atoms with Crippen molar-refractivity contribution in [3.8, 4) is 6.07 Å². The number of carbonyl (C=O) groups excluding carboxylic acids is 1. The fourth-order valence-corrected chi connectivity index (χ4v) is 5.32. The van der Waals surface area contributed by atoms with E-state index in [1.54, 1.807) is 22.7 Å². The Morgan fingerprint density at radius 1 is 1.31 bits per heavy atom. The third-order valence-corrected chi connectivity index (χ3v) is 7.24. The number of aliphatic hydroxyl groups is 1. The minimum absolute atomic E-state index is 0.0897. The number of halogens is 1. The number of carbonyl (C=O) groups is 1. The Morgan fingerprint density at radius 2 is 2.14 bits per heavy atom. The molecule has 2 saturated heterocycles. The molecule has 2 aromatic heterocycles. The molecule has 3 aromatic rings. The quantitative estimate of drug-likeness (QED) is 0.572. The van der Waals surface area contributed by atoms with Crippen molar-refractivity contribution in [1.29, 1.82) is 5.26 Å². The molecule has 5 rings (SSSR count). The second-order valence-corrected chi connectivity index (χ2v) is 9.78. The van der Waals surface area contributed by atoms with Crippen LogP contribution in [0.3, 0.4) is 0 Å². The van der Waals surface area contributed by atoms with Crippen LogP contribution in [0, 0.1) is 24.2 Å². The highest BCUT2D eigenvalue weighted by atomic mass is 35.5. The largest absolute Gasteiger partial charge is 0.390 e. The first-order valence-electron chi connectivity index (χ1n) is 11.9. The zero-order valence-electron chi connectivity index (χ0n) is 19.6. The number of anilines is 1. The number of nitrogens with two attached hydrogens (primary N) is 1. The molecule has 2 aliphatic heterocycles. The Hall–Kier alpha value is -3.19. The Labute approximate surface area is 208 Å². The Balaban J connectivity index is 1.47. The molecule has 10 heteroatoms. The van der Waals surface area contributed by atoms with Crippen molar-refractivity contribution in [3.05, 3.63) is 57.9 Å². The normalized spacial score (nSPS) is 22.5. The molecule has 2 aliphatic rings. The number of fused-ring (bicyclic) bond motifs is 1. The Kier molecular flexibility index (Phi) is 6.36. The first-order chi connectivity index (χ1) is 16.9. The summed E-state index contributed by atoms with van der Waals surface area (Å²) in [6.07, 6.45) is 3.95. The highest BCUT2D eigenvalue weighted by molar-refractivity contribution is 6.31. The molecule has 1 amide bonds. The van der Waals surface area contributed by atoms with Gasteiger partial charge in [-0.3, -0.25) is 4.79 Å². The van der Waals surface area contributed by atoms with E-state index >= 15 is 0 Å². The number of nitriles is 1. The molecule has 0 unspecified atom stereocenters. The van der Waals surface area contributed by atoms with E-state index in [4.69, 9.17) is 27.4 Å². The SMILES string of the molecule is Cc1cn2nc([C@@H]3CCCCN3C(=O)c3cc(Cl)ccc3CN)cc2nc1N1C[C@@H](C#N)[C@@H](O)C1. The molecule has 0 saturated carbocycles. The zero-order chi connectivity index (χ0) is 24.7. The second kappa shape index (κ2) is 9.46. The molecule has 4 heterocycles. The summed E-state index contributed by atoms with van der Waals surface area (Å²) in [4.78, 5) is 22.2. The van der Waals surface area contributed by atoms with Crippen LogP contribution in [-0.4, -0.2) is 56.2 Å². The maximum absolute atomic E-state index is 13.6. The van der Waals surface area contributed by atoms with Gasteiger partial charge in [0.2, 0.25) is 0 Å². The molecule has 1 aromatic carbocycles. The minimum Gasteiger partial charge on any atom is -0.390 e. The van der Waals surface area contributed by atoms with Crippen molar-refractivity contribution in [2.45, 2.75) is 44.9 Å². The fourth-order valence-electron chi connectivity index (χ4n) is 5.15. The summed E-state index contributed by atoms with van der Waals surface area (Å²) in [5.41, 5.74) is 9.55. The summed E-state index contributed by atoms with van der Waals surface area (Å²) >= 11 is 6.20. The predicted molar refractivity (Wildman–Crippen MR) is 132 cm³/mol. The van der Waals surface area contributed by atoms with E-state index in [1.165, 1.54) is 0 Å². The number of nitrogens with zero attached hydrogens (tertiary/aromatic N) is 6. The lowest BCUT2D eigenvalue weighted by atomic mass is 9.97. The van der Waals surface area contributed by atoms with Crippen LogP contribution in [-0.2, 0) is 6.54 Å². The molecule has 0 aliphatic carbocycles. The smallest absolute Gasteiger partial charge is 0.254 e. The number of hydrogen-bond donors (Lipinski definition) is 2. The standard InChI is InChI=1S/C25H28ClN7O2/c1-15-12-33-23(29-24(15)31-13-17(11-28)22(34)14-31)9-20(30-33)21-4-2-3-7-32(21)25(35)19-8-18(26)6-5-16(19)10-27/h5-6,8-9,12,17,21-22,34H,2-4,7,10,13-14,27H2,1H3/t17-,21+,22+/m1/s1. The fraction of sp³-hybridized carbons (Fsp3) is 0.440. The number of aliphatic hydroxyl groups excluding tert-OH is 1. The summed E-state index contributed by atoms with van der Waals surface area (Å²) in [6.45, 7) is 3.65. The molecule has 3 N–H and O–H groups in total. The first-order valence-corrected chi connectivity index (χ1v) is 12.3. The van der Waals surface area contributed by atoms with Crippen LogP contribution in [0.1, 0.15) is 52.5 Å². The van der Waals surface area contributed by atoms with E-state index in [0.717, 1.165) is 41.9 Å². The predicted octanol–water partition coefficient (Wildman–Crippen LogP) is 2.84. The molecule has 182 valence electrons. The van der Waals surface area contributed by atoms with E-state index in [2.05, 4.69) is 6.07 Å². The van der Waals surface area contributed by atoms with Gasteiger partial charge in [-0.15, -0.1) is 0 Å². The van der Waals surface area contributed by atoms with Crippen LogP contribution in [0.25, 0.3) is 5.65 Å². The molecule has 9 nitrogen and oxygen atoms in total. The molecule has 2 fully saturated rings. The van der Waals surface area contributed by atoms with Crippen LogP contribution >= 0.6 is 11.6 Å². The van der Waals surface area contributed by atoms with Gasteiger partial charge in [-0.1, -0.05) is 17.7 Å². The second-order valence-electron chi connectivity index (χ2n) is 9.34. The van der Waals surface area contributed by atoms with Gasteiger partial charge in [-0.2, -0.15) is 10.4 Å². The summed E-state index contributed by atoms with van der Waals surface area (Å²) in [7, 11) is 0. The van der Waals surface area contributed by atoms with Crippen molar-refractivity contribution in [3.63, 3.8) is 0 Å². The first kappa shape index (κ1) is 23.5. The van der Waals surface area contributed by atoms with Crippen LogP contribution in [0.2, 0.25) is 5.02 Å². The number of amides is 1. The molecule has 3 atom stereocenters. The van der Waals surface area contributed by atoms with Crippen molar-refractivity contribution in [2.75, 3.05) is 24.5 Å². The molecule has 0 radical (unpaired) electrons. The van der Waals surface area contributed by atoms with Crippen molar-refractivity contribution in [1.82, 2.24) is 19.5 Å². The third kappa shape index (κ3) is 4.33. The summed E-state index contributed by atoms with van der Waals surface area (Å²) in [5, 5.41) is 24.7. The van der Waals surface area contributed by atoms with Gasteiger partial charge in [-0.05, 0) is 43.9 Å². The monoisotopic (exact) mass is 493 g/mol. The van der Waals surface area contributed by atoms with Gasteiger partial charge in [-0.25, -0.2) is 9.50 Å². The van der Waals surface area contributed by atoms with E-state index in [0.29, 0.717) is 35.9 Å². The zero-order valence-corrected chi connectivity index (χ0v) is 20.3. The van der Waals surface area contributed by atoms with Crippen LogP contribution in [0.5, 0.6) is 0 Å². The Bertz CT molecular complexity index is 1320. The third-order valence-electron chi connectivity index (χ3n) is 7.01. The topological polar surface area (TPSA) is 124 Å². The van der Waals surface area contributed by atoms with E-state index in [9.17, 15) is 15.2 Å². The van der Waals surface area contributed by atoms with Crippen LogP contribution in [0.15, 0.2) is 30.5 Å². The number of piperidine rings is 1. The summed E-state index contributed by atoms with van der Waals surface area (Å²) in [5.74, 6) is 0.219. The minimum atomic E-state index is -0.690. The van der Waals surface area contributed by atoms with Gasteiger partial charge >= 0.3 is 0 Å². The lowest BCUT2D eigenvalue weighted by Gasteiger charge is -2.35. The molecule has 0 bridgehead atoms. The average molecular weight is 494 g/mol. The van der Waals surface area contributed by atoms with Gasteiger partial charge in [0.05, 0.1) is 29.8 Å². The number of aryl methyl sites for hydroxylation is 1. The summed E-state index contributed by atoms with van der Waals surface area (Å²) in [6, 6.07) is 9.16. The van der Waals surface area contributed by atoms with E-state index < -0.39 is 12.0 Å². The van der Waals surface area contributed by atoms with Crippen molar-refractivity contribution >= 4 is 29.0 Å². The van der Waals surface area contributed by atoms with Crippen molar-refractivity contribution < 1.29 is 9.90 Å². The highest BCUT2D eigenvalue weighted by Crippen LogP contribution is 2.34. The lowest BCUT2D eigenvalue weighted by Crippen LogP contribution is -2.39. The van der Waals surface area contributed by atoms with Gasteiger partial charge in [0.25, 0.3) is 5.91 Å². The number of β-amino-alcohol motifs (C(OH)–C–C–N with tert-alkyl or cyclic N) is 1. The lowest BCUT2D eigenvalue weighted by molar-refractivity contribution is 0.0604. The number of likely N-dealkylation sites (tertiary alicyclic amines) is 1. The molecular weight excluding hydrogens is 466 g/mol. The van der Waals surface area contributed by atoms with Crippen LogP contribution in [0.4, 0.5) is 5.82 Å². The number of benzene rings is 1. The summed E-state index contributed by atoms with van der Waals surface area (Å²) < 4.78 is 1.74. The van der Waals surface area contributed by atoms with E-state index in [1.807, 2.05) is 29.0 Å². The van der Waals surface area contributed by atoms with Crippen LogP contribution < -0.4 is 10.6 Å². The average Bonchev–Trinajstić information content (AvgIpc) is 3.45. The van der Waals surface area contributed by atoms with E-state index in [-0.39, 0.29) is 18.5 Å².